The first-order valence-corrected chi connectivity index (χ1v) is 7.06. The van der Waals surface area contributed by atoms with Gasteiger partial charge >= 0.3 is 0 Å². The maximum atomic E-state index is 7.82. The van der Waals surface area contributed by atoms with Crippen LogP contribution in [-0.2, 0) is 0 Å². The highest BCUT2D eigenvalue weighted by Crippen LogP contribution is 2.15. The number of aliphatic imine (C=N–C) groups is 1. The minimum Gasteiger partial charge on any atom is -0.446 e. The lowest BCUT2D eigenvalue weighted by molar-refractivity contribution is 0.574. The molecule has 1 rings (SSSR count). The van der Waals surface area contributed by atoms with Gasteiger partial charge in [-0.2, -0.15) is 0 Å². The first kappa shape index (κ1) is 16.3. The first-order valence-electron chi connectivity index (χ1n) is 5.80. The van der Waals surface area contributed by atoms with Gasteiger partial charge in [-0.05, 0) is 36.6 Å². The fraction of sp³-hybridized carbons (Fsp3) is 0.0667. The van der Waals surface area contributed by atoms with Gasteiger partial charge in [-0.25, -0.2) is 4.99 Å². The van der Waals surface area contributed by atoms with Gasteiger partial charge in [0.25, 0.3) is 0 Å². The Kier molecular flexibility index (Phi) is 7.47. The van der Waals surface area contributed by atoms with Crippen LogP contribution >= 0.6 is 23.4 Å². The summed E-state index contributed by atoms with van der Waals surface area (Å²) in [6.07, 6.45) is 6.29. The van der Waals surface area contributed by atoms with Crippen LogP contribution in [0, 0.1) is 5.41 Å². The second-order valence-electron chi connectivity index (χ2n) is 3.53. The average molecular weight is 307 g/mol. The first-order chi connectivity index (χ1) is 9.67. The lowest BCUT2D eigenvalue weighted by Gasteiger charge is -2.00. The van der Waals surface area contributed by atoms with Crippen LogP contribution in [0.25, 0.3) is 0 Å². The number of ether oxygens (including phenoxy) is 1. The molecule has 0 amide bonds. The van der Waals surface area contributed by atoms with E-state index in [2.05, 4.69) is 11.6 Å². The van der Waals surface area contributed by atoms with Crippen molar-refractivity contribution in [3.63, 3.8) is 0 Å². The molecule has 104 valence electrons. The van der Waals surface area contributed by atoms with Crippen LogP contribution in [0.2, 0.25) is 5.02 Å². The molecule has 0 atom stereocenters. The van der Waals surface area contributed by atoms with Crippen molar-refractivity contribution < 1.29 is 4.74 Å². The SMILES string of the molecule is C=C/C(=C\N=COc1ccc(Cl)cc1)C(=N)S/C=C/C. The number of nitrogens with one attached hydrogen (secondary N) is 1. The molecule has 0 aliphatic rings. The van der Waals surface area contributed by atoms with Crippen LogP contribution in [-0.4, -0.2) is 11.4 Å². The molecule has 1 aromatic carbocycles. The third-order valence-electron chi connectivity index (χ3n) is 2.08. The lowest BCUT2D eigenvalue weighted by atomic mass is 10.3. The highest BCUT2D eigenvalue weighted by molar-refractivity contribution is 8.16. The highest BCUT2D eigenvalue weighted by atomic mass is 35.5. The highest BCUT2D eigenvalue weighted by Gasteiger charge is 1.99. The van der Waals surface area contributed by atoms with Crippen LogP contribution in [0.15, 0.2) is 65.2 Å². The summed E-state index contributed by atoms with van der Waals surface area (Å²) in [5.74, 6) is 0.644. The molecular formula is C15H15ClN2OS. The topological polar surface area (TPSA) is 45.4 Å². The molecule has 0 saturated carbocycles. The van der Waals surface area contributed by atoms with E-state index in [1.807, 2.05) is 18.4 Å². The van der Waals surface area contributed by atoms with Crippen molar-refractivity contribution >= 4 is 34.8 Å². The summed E-state index contributed by atoms with van der Waals surface area (Å²) in [5, 5.41) is 10.7. The van der Waals surface area contributed by atoms with E-state index in [0.29, 0.717) is 21.4 Å². The molecule has 0 spiro atoms. The van der Waals surface area contributed by atoms with Gasteiger partial charge in [0.2, 0.25) is 0 Å². The van der Waals surface area contributed by atoms with Gasteiger partial charge in [-0.15, -0.1) is 0 Å². The number of hydrogen-bond donors (Lipinski definition) is 1. The van der Waals surface area contributed by atoms with E-state index in [4.69, 9.17) is 21.7 Å². The second-order valence-corrected chi connectivity index (χ2v) is 4.88. The van der Waals surface area contributed by atoms with Crippen LogP contribution < -0.4 is 4.74 Å². The van der Waals surface area contributed by atoms with Crippen molar-refractivity contribution in [3.8, 4) is 5.75 Å². The molecule has 1 aromatic rings. The minimum atomic E-state index is 0.377. The van der Waals surface area contributed by atoms with Crippen LogP contribution in [0.3, 0.4) is 0 Å². The third kappa shape index (κ3) is 5.91. The fourth-order valence-electron chi connectivity index (χ4n) is 1.12. The Balaban J connectivity index is 2.59. The summed E-state index contributed by atoms with van der Waals surface area (Å²) in [6, 6.07) is 6.96. The average Bonchev–Trinajstić information content (AvgIpc) is 2.46. The molecule has 0 aliphatic carbocycles. The van der Waals surface area contributed by atoms with E-state index in [-0.39, 0.29) is 0 Å². The summed E-state index contributed by atoms with van der Waals surface area (Å²) in [6.45, 7) is 5.56. The molecular weight excluding hydrogens is 292 g/mol. The van der Waals surface area contributed by atoms with Crippen molar-refractivity contribution in [3.05, 3.63) is 65.2 Å². The molecule has 0 heterocycles. The van der Waals surface area contributed by atoms with Gasteiger partial charge < -0.3 is 4.74 Å². The van der Waals surface area contributed by atoms with Gasteiger partial charge in [-0.3, -0.25) is 5.41 Å². The molecule has 0 unspecified atom stereocenters. The molecule has 5 heteroatoms. The minimum absolute atomic E-state index is 0.377. The maximum absolute atomic E-state index is 7.82. The Hall–Kier alpha value is -1.78. The summed E-state index contributed by atoms with van der Waals surface area (Å²) in [4.78, 5) is 4.00. The number of thioether (sulfide) groups is 1. The van der Waals surface area contributed by atoms with Gasteiger partial charge in [0.15, 0.2) is 6.40 Å². The zero-order chi connectivity index (χ0) is 14.8. The van der Waals surface area contributed by atoms with Crippen molar-refractivity contribution in [2.75, 3.05) is 0 Å². The molecule has 1 N–H and O–H groups in total. The number of nitrogens with zero attached hydrogens (tertiary/aromatic N) is 1. The zero-order valence-corrected chi connectivity index (χ0v) is 12.6. The maximum Gasteiger partial charge on any atom is 0.181 e. The second kappa shape index (κ2) is 9.18. The van der Waals surface area contributed by atoms with Crippen molar-refractivity contribution in [1.82, 2.24) is 0 Å². The van der Waals surface area contributed by atoms with Crippen molar-refractivity contribution in [2.45, 2.75) is 6.92 Å². The molecule has 0 aliphatic heterocycles. The van der Waals surface area contributed by atoms with Crippen molar-refractivity contribution in [2.24, 2.45) is 4.99 Å². The predicted octanol–water partition coefficient (Wildman–Crippen LogP) is 5.06. The van der Waals surface area contributed by atoms with E-state index >= 15 is 0 Å². The molecule has 0 radical (unpaired) electrons. The number of halogens is 1. The largest absolute Gasteiger partial charge is 0.446 e. The van der Waals surface area contributed by atoms with Gasteiger partial charge in [0, 0.05) is 16.8 Å². The molecule has 0 bridgehead atoms. The van der Waals surface area contributed by atoms with Crippen molar-refractivity contribution in [1.29, 1.82) is 5.41 Å². The Labute approximate surface area is 128 Å². The van der Waals surface area contributed by atoms with Crippen LogP contribution in [0.4, 0.5) is 0 Å². The number of allylic oxidation sites excluding steroid dienone is 2. The monoisotopic (exact) mass is 306 g/mol. The molecule has 20 heavy (non-hydrogen) atoms. The van der Waals surface area contributed by atoms with E-state index in [1.165, 1.54) is 24.4 Å². The Bertz CT molecular complexity index is 547. The summed E-state index contributed by atoms with van der Waals surface area (Å²) < 4.78 is 5.30. The Morgan fingerprint density at radius 1 is 1.40 bits per heavy atom. The number of benzene rings is 1. The fourth-order valence-corrected chi connectivity index (χ4v) is 1.79. The van der Waals surface area contributed by atoms with E-state index in [1.54, 1.807) is 30.3 Å². The summed E-state index contributed by atoms with van der Waals surface area (Å²) in [5.41, 5.74) is 0.629. The summed E-state index contributed by atoms with van der Waals surface area (Å²) >= 11 is 7.07. The van der Waals surface area contributed by atoms with Gasteiger partial charge in [0.1, 0.15) is 5.75 Å². The number of hydrogen-bond acceptors (Lipinski definition) is 4. The Morgan fingerprint density at radius 2 is 2.10 bits per heavy atom. The van der Waals surface area contributed by atoms with Gasteiger partial charge in [0.05, 0.1) is 5.04 Å². The predicted molar refractivity (Wildman–Crippen MR) is 89.0 cm³/mol. The van der Waals surface area contributed by atoms with E-state index in [9.17, 15) is 0 Å². The smallest absolute Gasteiger partial charge is 0.181 e. The van der Waals surface area contributed by atoms with E-state index < -0.39 is 0 Å². The molecule has 0 aromatic heterocycles. The lowest BCUT2D eigenvalue weighted by Crippen LogP contribution is -1.92. The standard InChI is InChI=1S/C15H15ClN2OS/c1-3-9-20-15(17)12(4-2)10-18-11-19-14-7-5-13(16)6-8-14/h3-11,17H,2H2,1H3/b9-3+,12-10+,17-15?,18-11?. The molecule has 0 fully saturated rings. The third-order valence-corrected chi connectivity index (χ3v) is 3.21. The number of rotatable bonds is 6. The molecule has 0 saturated heterocycles. The van der Waals surface area contributed by atoms with E-state index in [0.717, 1.165) is 0 Å². The zero-order valence-electron chi connectivity index (χ0n) is 11.0. The molecule has 3 nitrogen and oxygen atoms in total. The quantitative estimate of drug-likeness (QED) is 0.453. The van der Waals surface area contributed by atoms with Crippen LogP contribution in [0.5, 0.6) is 5.75 Å². The normalized spacial score (nSPS) is 12.0. The van der Waals surface area contributed by atoms with Crippen LogP contribution in [0.1, 0.15) is 6.92 Å². The Morgan fingerprint density at radius 3 is 2.70 bits per heavy atom. The summed E-state index contributed by atoms with van der Waals surface area (Å²) in [7, 11) is 0. The van der Waals surface area contributed by atoms with Gasteiger partial charge in [-0.1, -0.05) is 42.1 Å².